The van der Waals surface area contributed by atoms with Gasteiger partial charge in [-0.15, -0.1) is 0 Å². The van der Waals surface area contributed by atoms with E-state index in [9.17, 15) is 9.90 Å². The Morgan fingerprint density at radius 3 is 2.52 bits per heavy atom. The Balaban J connectivity index is 1.93. The molecule has 142 valence electrons. The fourth-order valence-corrected chi connectivity index (χ4v) is 3.13. The van der Waals surface area contributed by atoms with Crippen molar-refractivity contribution >= 4 is 40.5 Å². The Kier molecular flexibility index (Phi) is 4.97. The smallest absolute Gasteiger partial charge is 0.412 e. The van der Waals surface area contributed by atoms with Crippen molar-refractivity contribution in [3.63, 3.8) is 0 Å². The summed E-state index contributed by atoms with van der Waals surface area (Å²) in [6, 6.07) is 8.88. The van der Waals surface area contributed by atoms with Gasteiger partial charge in [0, 0.05) is 28.5 Å². The highest BCUT2D eigenvalue weighted by Crippen LogP contribution is 2.27. The first kappa shape index (κ1) is 19.0. The highest BCUT2D eigenvalue weighted by Gasteiger charge is 2.27. The summed E-state index contributed by atoms with van der Waals surface area (Å²) in [7, 11) is 0. The van der Waals surface area contributed by atoms with Gasteiger partial charge in [-0.1, -0.05) is 18.5 Å². The van der Waals surface area contributed by atoms with E-state index in [0.29, 0.717) is 22.3 Å². The Morgan fingerprint density at radius 1 is 1.30 bits per heavy atom. The Bertz CT molecular complexity index is 976. The molecule has 0 saturated carbocycles. The molecule has 8 heteroatoms. The highest BCUT2D eigenvalue weighted by molar-refractivity contribution is 6.29. The number of benzene rings is 1. The number of anilines is 3. The largest absolute Gasteiger partial charge is 0.465 e. The van der Waals surface area contributed by atoms with Crippen LogP contribution in [0, 0.1) is 0 Å². The molecule has 3 aromatic rings. The van der Waals surface area contributed by atoms with Crippen LogP contribution < -0.4 is 10.2 Å². The Hall–Kier alpha value is -2.80. The number of aromatic nitrogens is 3. The summed E-state index contributed by atoms with van der Waals surface area (Å²) in [5, 5.41) is 17.5. The molecule has 2 heterocycles. The van der Waals surface area contributed by atoms with Crippen molar-refractivity contribution < 1.29 is 9.90 Å². The molecule has 1 aromatic carbocycles. The van der Waals surface area contributed by atoms with Gasteiger partial charge in [0.05, 0.1) is 6.20 Å². The number of rotatable bonds is 4. The highest BCUT2D eigenvalue weighted by atomic mass is 35.5. The van der Waals surface area contributed by atoms with Crippen molar-refractivity contribution in [2.24, 2.45) is 0 Å². The molecule has 0 aliphatic rings. The summed E-state index contributed by atoms with van der Waals surface area (Å²) in [5.74, 6) is 0.684. The lowest BCUT2D eigenvalue weighted by Crippen LogP contribution is -2.45. The second kappa shape index (κ2) is 7.08. The normalized spacial score (nSPS) is 11.6. The first-order valence-electron chi connectivity index (χ1n) is 8.64. The molecule has 0 aliphatic carbocycles. The van der Waals surface area contributed by atoms with Crippen LogP contribution in [-0.2, 0) is 6.42 Å². The van der Waals surface area contributed by atoms with Crippen molar-refractivity contribution in [3.05, 3.63) is 47.2 Å². The van der Waals surface area contributed by atoms with Crippen LogP contribution in [0.3, 0.4) is 0 Å². The van der Waals surface area contributed by atoms with Gasteiger partial charge < -0.3 is 10.4 Å². The number of hydrogen-bond donors (Lipinski definition) is 2. The van der Waals surface area contributed by atoms with Crippen LogP contribution in [0.15, 0.2) is 36.5 Å². The predicted molar refractivity (Wildman–Crippen MR) is 107 cm³/mol. The molecule has 0 bridgehead atoms. The summed E-state index contributed by atoms with van der Waals surface area (Å²) in [4.78, 5) is 17.3. The van der Waals surface area contributed by atoms with Crippen LogP contribution in [0.1, 0.15) is 33.3 Å². The molecule has 2 aromatic heterocycles. The molecule has 2 N–H and O–H groups in total. The molecule has 7 nitrogen and oxygen atoms in total. The maximum absolute atomic E-state index is 11.6. The zero-order chi connectivity index (χ0) is 19.8. The SMILES string of the molecule is CCc1cnn2c(Nc3ccc(N(C(=O)O)C(C)(C)C)cc3)cc(Cl)nc12. The molecular weight excluding hydrogens is 366 g/mol. The Morgan fingerprint density at radius 2 is 1.96 bits per heavy atom. The lowest BCUT2D eigenvalue weighted by Gasteiger charge is -2.33. The van der Waals surface area contributed by atoms with Gasteiger partial charge in [0.2, 0.25) is 0 Å². The minimum atomic E-state index is -0.991. The summed E-state index contributed by atoms with van der Waals surface area (Å²) in [6.07, 6.45) is 1.60. The van der Waals surface area contributed by atoms with E-state index < -0.39 is 11.6 Å². The minimum Gasteiger partial charge on any atom is -0.465 e. The molecule has 1 amide bonds. The average Bonchev–Trinajstić information content (AvgIpc) is 2.98. The maximum Gasteiger partial charge on any atom is 0.412 e. The first-order valence-corrected chi connectivity index (χ1v) is 9.02. The summed E-state index contributed by atoms with van der Waals surface area (Å²) in [5.41, 5.74) is 2.57. The molecule has 0 atom stereocenters. The van der Waals surface area contributed by atoms with Gasteiger partial charge in [-0.05, 0) is 51.5 Å². The first-order chi connectivity index (χ1) is 12.7. The fourth-order valence-electron chi connectivity index (χ4n) is 2.94. The van der Waals surface area contributed by atoms with Crippen LogP contribution in [-0.4, -0.2) is 31.3 Å². The number of amides is 1. The lowest BCUT2D eigenvalue weighted by molar-refractivity contribution is 0.195. The van der Waals surface area contributed by atoms with E-state index in [4.69, 9.17) is 11.6 Å². The van der Waals surface area contributed by atoms with Crippen LogP contribution in [0.2, 0.25) is 5.15 Å². The molecule has 3 rings (SSSR count). The van der Waals surface area contributed by atoms with Crippen molar-refractivity contribution in [1.29, 1.82) is 0 Å². The predicted octanol–water partition coefficient (Wildman–Crippen LogP) is 4.97. The molecular formula is C19H22ClN5O2. The van der Waals surface area contributed by atoms with Gasteiger partial charge in [-0.2, -0.15) is 9.61 Å². The van der Waals surface area contributed by atoms with E-state index >= 15 is 0 Å². The van der Waals surface area contributed by atoms with Gasteiger partial charge in [0.25, 0.3) is 0 Å². The van der Waals surface area contributed by atoms with Crippen molar-refractivity contribution in [2.45, 2.75) is 39.7 Å². The van der Waals surface area contributed by atoms with E-state index in [1.54, 1.807) is 28.9 Å². The number of nitrogens with one attached hydrogen (secondary N) is 1. The number of carboxylic acid groups (broad SMARTS) is 1. The molecule has 0 fully saturated rings. The lowest BCUT2D eigenvalue weighted by atomic mass is 10.1. The van der Waals surface area contributed by atoms with Crippen molar-refractivity contribution in [2.75, 3.05) is 10.2 Å². The van der Waals surface area contributed by atoms with Gasteiger partial charge in [-0.3, -0.25) is 4.90 Å². The standard InChI is InChI=1S/C19H22ClN5O2/c1-5-12-11-21-25-16(10-15(20)23-17(12)25)22-13-6-8-14(9-7-13)24(18(26)27)19(2,3)4/h6-11,22H,5H2,1-4H3,(H,26,27). The zero-order valence-electron chi connectivity index (χ0n) is 15.7. The summed E-state index contributed by atoms with van der Waals surface area (Å²) < 4.78 is 1.71. The van der Waals surface area contributed by atoms with E-state index in [1.807, 2.05) is 39.8 Å². The summed E-state index contributed by atoms with van der Waals surface area (Å²) >= 11 is 6.16. The minimum absolute atomic E-state index is 0.376. The van der Waals surface area contributed by atoms with E-state index in [0.717, 1.165) is 17.7 Å². The van der Waals surface area contributed by atoms with Gasteiger partial charge in [0.1, 0.15) is 11.0 Å². The number of fused-ring (bicyclic) bond motifs is 1. The van der Waals surface area contributed by atoms with Gasteiger partial charge >= 0.3 is 6.09 Å². The molecule has 27 heavy (non-hydrogen) atoms. The molecule has 0 saturated heterocycles. The Labute approximate surface area is 162 Å². The fraction of sp³-hybridized carbons (Fsp3) is 0.316. The third-order valence-electron chi connectivity index (χ3n) is 4.15. The topological polar surface area (TPSA) is 82.8 Å². The quantitative estimate of drug-likeness (QED) is 0.617. The van der Waals surface area contributed by atoms with Gasteiger partial charge in [0.15, 0.2) is 5.65 Å². The third kappa shape index (κ3) is 3.83. The molecule has 0 radical (unpaired) electrons. The zero-order valence-corrected chi connectivity index (χ0v) is 16.4. The van der Waals surface area contributed by atoms with Crippen LogP contribution >= 0.6 is 11.6 Å². The number of halogens is 1. The van der Waals surface area contributed by atoms with Crippen LogP contribution in [0.25, 0.3) is 5.65 Å². The summed E-state index contributed by atoms with van der Waals surface area (Å²) in [6.45, 7) is 7.60. The number of aryl methyl sites for hydroxylation is 1. The van der Waals surface area contributed by atoms with Gasteiger partial charge in [-0.25, -0.2) is 9.78 Å². The average molecular weight is 388 g/mol. The van der Waals surface area contributed by atoms with E-state index in [-0.39, 0.29) is 0 Å². The monoisotopic (exact) mass is 387 g/mol. The second-order valence-electron chi connectivity index (χ2n) is 7.18. The second-order valence-corrected chi connectivity index (χ2v) is 7.57. The number of carbonyl (C=O) groups is 1. The van der Waals surface area contributed by atoms with Crippen molar-refractivity contribution in [1.82, 2.24) is 14.6 Å². The maximum atomic E-state index is 11.6. The third-order valence-corrected chi connectivity index (χ3v) is 4.35. The number of hydrogen-bond acceptors (Lipinski definition) is 4. The molecule has 0 aliphatic heterocycles. The van der Waals surface area contributed by atoms with E-state index in [1.165, 1.54) is 4.90 Å². The molecule has 0 unspecified atom stereocenters. The molecule has 0 spiro atoms. The van der Waals surface area contributed by atoms with E-state index in [2.05, 4.69) is 15.4 Å². The van der Waals surface area contributed by atoms with Crippen LogP contribution in [0.5, 0.6) is 0 Å². The number of nitrogens with zero attached hydrogens (tertiary/aromatic N) is 4. The van der Waals surface area contributed by atoms with Crippen molar-refractivity contribution in [3.8, 4) is 0 Å². The van der Waals surface area contributed by atoms with Crippen LogP contribution in [0.4, 0.5) is 22.0 Å².